The van der Waals surface area contributed by atoms with E-state index in [4.69, 9.17) is 38.5 Å². The van der Waals surface area contributed by atoms with Gasteiger partial charge in [-0.2, -0.15) is 0 Å². The summed E-state index contributed by atoms with van der Waals surface area (Å²) in [6.45, 7) is 0. The molecule has 0 amide bonds. The van der Waals surface area contributed by atoms with E-state index in [1.165, 1.54) is 0 Å². The van der Waals surface area contributed by atoms with Crippen molar-refractivity contribution in [1.82, 2.24) is 0 Å². The van der Waals surface area contributed by atoms with E-state index < -0.39 is 15.6 Å². The third-order valence-electron chi connectivity index (χ3n) is 0.667. The fraction of sp³-hybridized carbons (Fsp3) is 0. The van der Waals surface area contributed by atoms with E-state index >= 15 is 0 Å². The molecule has 1 aromatic carbocycles. The summed E-state index contributed by atoms with van der Waals surface area (Å²) >= 11 is 0. The highest BCUT2D eigenvalue weighted by Gasteiger charge is 2.00. The quantitative estimate of drug-likeness (QED) is 0.356. The van der Waals surface area contributed by atoms with Gasteiger partial charge in [0.15, 0.2) is 0 Å². The van der Waals surface area contributed by atoms with Gasteiger partial charge in [-0.3, -0.25) is 0 Å². The summed E-state index contributed by atoms with van der Waals surface area (Å²) in [5, 5.41) is 0. The van der Waals surface area contributed by atoms with Crippen LogP contribution >= 0.6 is 15.6 Å². The zero-order valence-corrected chi connectivity index (χ0v) is 9.65. The molecule has 0 aliphatic heterocycles. The number of benzene rings is 1. The third-order valence-corrected chi connectivity index (χ3v) is 0.667. The molecule has 0 saturated heterocycles. The Kier molecular flexibility index (Phi) is 9.55. The predicted molar refractivity (Wildman–Crippen MR) is 55.0 cm³/mol. The molecular formula is C6H12O8P2. The van der Waals surface area contributed by atoms with Gasteiger partial charge in [-0.1, -0.05) is 36.4 Å². The Morgan fingerprint density at radius 2 is 0.562 bits per heavy atom. The van der Waals surface area contributed by atoms with E-state index in [9.17, 15) is 0 Å². The molecule has 16 heavy (non-hydrogen) atoms. The molecule has 0 aliphatic rings. The fourth-order valence-corrected chi connectivity index (χ4v) is 0.385. The average Bonchev–Trinajstić information content (AvgIpc) is 2.01. The summed E-state index contributed by atoms with van der Waals surface area (Å²) in [5.41, 5.74) is 0. The molecular weight excluding hydrogens is 262 g/mol. The lowest BCUT2D eigenvalue weighted by molar-refractivity contribution is 0.272. The summed E-state index contributed by atoms with van der Waals surface area (Å²) in [7, 11) is -9.28. The van der Waals surface area contributed by atoms with Crippen LogP contribution < -0.4 is 0 Å². The van der Waals surface area contributed by atoms with E-state index in [2.05, 4.69) is 0 Å². The lowest BCUT2D eigenvalue weighted by Crippen LogP contribution is -1.66. The van der Waals surface area contributed by atoms with E-state index in [-0.39, 0.29) is 0 Å². The Bertz CT molecular complexity index is 278. The van der Waals surface area contributed by atoms with Crippen molar-refractivity contribution in [3.63, 3.8) is 0 Å². The van der Waals surface area contributed by atoms with Crippen molar-refractivity contribution < 1.29 is 38.5 Å². The van der Waals surface area contributed by atoms with E-state index in [0.717, 1.165) is 0 Å². The zero-order valence-electron chi connectivity index (χ0n) is 7.86. The molecule has 0 aliphatic carbocycles. The second-order valence-electron chi connectivity index (χ2n) is 2.18. The van der Waals surface area contributed by atoms with Gasteiger partial charge >= 0.3 is 15.6 Å². The molecule has 0 atom stereocenters. The van der Waals surface area contributed by atoms with Gasteiger partial charge in [0.1, 0.15) is 0 Å². The fourth-order valence-electron chi connectivity index (χ4n) is 0.385. The molecule has 0 aromatic heterocycles. The summed E-state index contributed by atoms with van der Waals surface area (Å²) in [4.78, 5) is 43.1. The van der Waals surface area contributed by atoms with Crippen molar-refractivity contribution in [3.05, 3.63) is 36.4 Å². The zero-order chi connectivity index (χ0) is 13.2. The van der Waals surface area contributed by atoms with Gasteiger partial charge in [-0.05, 0) is 0 Å². The maximum absolute atomic E-state index is 8.88. The first kappa shape index (κ1) is 17.8. The summed E-state index contributed by atoms with van der Waals surface area (Å²) in [6.07, 6.45) is 0. The van der Waals surface area contributed by atoms with Crippen LogP contribution in [0.2, 0.25) is 0 Å². The first-order chi connectivity index (χ1) is 7.00. The standard InChI is InChI=1S/C6H6.2H3O4P/c1-2-4-6-5-3-1;2*1-5(2,3)4/h1-6H;2*(H3,1,2,3,4). The van der Waals surface area contributed by atoms with Gasteiger partial charge in [0.25, 0.3) is 0 Å². The Balaban J connectivity index is 0. The molecule has 8 nitrogen and oxygen atoms in total. The Morgan fingerprint density at radius 3 is 0.625 bits per heavy atom. The minimum Gasteiger partial charge on any atom is -0.303 e. The van der Waals surface area contributed by atoms with Crippen LogP contribution in [0.25, 0.3) is 0 Å². The van der Waals surface area contributed by atoms with Crippen molar-refractivity contribution in [2.24, 2.45) is 0 Å². The van der Waals surface area contributed by atoms with E-state index in [0.29, 0.717) is 0 Å². The SMILES string of the molecule is O=P(O)(O)O.O=P(O)(O)O.c1ccccc1. The second-order valence-corrected chi connectivity index (χ2v) is 4.23. The molecule has 0 saturated carbocycles. The minimum absolute atomic E-state index is 2.00. The molecule has 94 valence electrons. The molecule has 0 bridgehead atoms. The molecule has 6 N–H and O–H groups in total. The highest BCUT2D eigenvalue weighted by atomic mass is 31.2. The van der Waals surface area contributed by atoms with Gasteiger partial charge in [0, 0.05) is 0 Å². The van der Waals surface area contributed by atoms with Crippen molar-refractivity contribution in [2.45, 2.75) is 0 Å². The van der Waals surface area contributed by atoms with Crippen LogP contribution in [0, 0.1) is 0 Å². The number of hydrogen-bond donors (Lipinski definition) is 6. The largest absolute Gasteiger partial charge is 0.466 e. The van der Waals surface area contributed by atoms with Crippen molar-refractivity contribution in [1.29, 1.82) is 0 Å². The van der Waals surface area contributed by atoms with E-state index in [1.807, 2.05) is 36.4 Å². The molecule has 10 heteroatoms. The van der Waals surface area contributed by atoms with Gasteiger partial charge in [0.2, 0.25) is 0 Å². The van der Waals surface area contributed by atoms with Crippen LogP contribution in [-0.2, 0) is 9.13 Å². The van der Waals surface area contributed by atoms with Crippen LogP contribution in [0.4, 0.5) is 0 Å². The molecule has 0 radical (unpaired) electrons. The van der Waals surface area contributed by atoms with Crippen LogP contribution in [0.1, 0.15) is 0 Å². The van der Waals surface area contributed by atoms with Crippen molar-refractivity contribution in [2.75, 3.05) is 0 Å². The highest BCUT2D eigenvalue weighted by Crippen LogP contribution is 2.26. The monoisotopic (exact) mass is 274 g/mol. The topological polar surface area (TPSA) is 156 Å². The van der Waals surface area contributed by atoms with Gasteiger partial charge in [0.05, 0.1) is 0 Å². The van der Waals surface area contributed by atoms with Crippen LogP contribution in [0.5, 0.6) is 0 Å². The van der Waals surface area contributed by atoms with Gasteiger partial charge in [-0.25, -0.2) is 9.13 Å². The minimum atomic E-state index is -4.64. The summed E-state index contributed by atoms with van der Waals surface area (Å²) in [5.74, 6) is 0. The number of hydrogen-bond acceptors (Lipinski definition) is 2. The van der Waals surface area contributed by atoms with Crippen LogP contribution in [0.15, 0.2) is 36.4 Å². The lowest BCUT2D eigenvalue weighted by Gasteiger charge is -1.82. The second kappa shape index (κ2) is 8.58. The predicted octanol–water partition coefficient (Wildman–Crippen LogP) is -0.171. The number of rotatable bonds is 0. The average molecular weight is 274 g/mol. The molecule has 0 unspecified atom stereocenters. The summed E-state index contributed by atoms with van der Waals surface area (Å²) in [6, 6.07) is 12.0. The Labute approximate surface area is 91.3 Å². The highest BCUT2D eigenvalue weighted by molar-refractivity contribution is 7.45. The van der Waals surface area contributed by atoms with E-state index in [1.54, 1.807) is 0 Å². The van der Waals surface area contributed by atoms with Gasteiger partial charge in [-0.15, -0.1) is 0 Å². The lowest BCUT2D eigenvalue weighted by atomic mass is 10.4. The van der Waals surface area contributed by atoms with Crippen LogP contribution in [-0.4, -0.2) is 29.4 Å². The summed E-state index contributed by atoms with van der Waals surface area (Å²) < 4.78 is 17.8. The van der Waals surface area contributed by atoms with Gasteiger partial charge < -0.3 is 29.4 Å². The maximum Gasteiger partial charge on any atom is 0.466 e. The molecule has 0 spiro atoms. The third kappa shape index (κ3) is 70.3. The van der Waals surface area contributed by atoms with Crippen LogP contribution in [0.3, 0.4) is 0 Å². The first-order valence-corrected chi connectivity index (χ1v) is 6.70. The normalized spacial score (nSPS) is 10.4. The Hall–Kier alpha value is -0.560. The molecule has 0 heterocycles. The maximum atomic E-state index is 8.88. The molecule has 1 aromatic rings. The molecule has 1 rings (SSSR count). The smallest absolute Gasteiger partial charge is 0.303 e. The first-order valence-electron chi connectivity index (χ1n) is 3.57. The van der Waals surface area contributed by atoms with Crippen molar-refractivity contribution >= 4 is 15.6 Å². The number of phosphoric acid groups is 2. The molecule has 0 fully saturated rings. The Morgan fingerprint density at radius 1 is 0.500 bits per heavy atom. The van der Waals surface area contributed by atoms with Crippen molar-refractivity contribution in [3.8, 4) is 0 Å².